The molecule has 3 unspecified atom stereocenters. The summed E-state index contributed by atoms with van der Waals surface area (Å²) in [7, 11) is 0.978. The van der Waals surface area contributed by atoms with E-state index in [-0.39, 0.29) is 4.75 Å². The summed E-state index contributed by atoms with van der Waals surface area (Å²) in [6.45, 7) is 11.4. The number of aliphatic imine (C=N–C) groups is 1. The molecule has 1 aliphatic rings. The third kappa shape index (κ3) is 6.81. The molecule has 0 heterocycles. The lowest BCUT2D eigenvalue weighted by molar-refractivity contribution is 0.255. The highest BCUT2D eigenvalue weighted by Crippen LogP contribution is 2.28. The molecule has 0 aliphatic heterocycles. The quantitative estimate of drug-likeness (QED) is 0.619. The van der Waals surface area contributed by atoms with Gasteiger partial charge in [-0.3, -0.25) is 9.20 Å². The molecule has 1 fully saturated rings. The maximum Gasteiger partial charge on any atom is 0.191 e. The molecule has 0 bridgehead atoms. The molecule has 1 saturated carbocycles. The van der Waals surface area contributed by atoms with Crippen molar-refractivity contribution in [2.24, 2.45) is 16.8 Å². The largest absolute Gasteiger partial charge is 0.355 e. The minimum absolute atomic E-state index is 0.146. The summed E-state index contributed by atoms with van der Waals surface area (Å²) in [4.78, 5) is 4.29. The van der Waals surface area contributed by atoms with Crippen molar-refractivity contribution >= 4 is 16.8 Å². The van der Waals surface area contributed by atoms with Gasteiger partial charge in [0.05, 0.1) is 0 Å². The van der Waals surface area contributed by atoms with Crippen LogP contribution in [0.4, 0.5) is 0 Å². The molecule has 2 N–H and O–H groups in total. The summed E-state index contributed by atoms with van der Waals surface area (Å²) in [5.41, 5.74) is 0. The van der Waals surface area contributed by atoms with Crippen molar-refractivity contribution in [3.05, 3.63) is 0 Å². The molecule has 0 aromatic rings. The summed E-state index contributed by atoms with van der Waals surface area (Å²) >= 11 is 0. The fraction of sp³-hybridized carbons (Fsp3) is 0.938. The second-order valence-corrected chi connectivity index (χ2v) is 9.74. The van der Waals surface area contributed by atoms with Crippen molar-refractivity contribution in [2.75, 3.05) is 19.3 Å². The van der Waals surface area contributed by atoms with Gasteiger partial charge < -0.3 is 10.6 Å². The highest BCUT2D eigenvalue weighted by atomic mass is 32.2. The van der Waals surface area contributed by atoms with E-state index in [0.717, 1.165) is 17.8 Å². The van der Waals surface area contributed by atoms with Gasteiger partial charge in [0.25, 0.3) is 0 Å². The number of guanidine groups is 1. The van der Waals surface area contributed by atoms with E-state index in [1.54, 1.807) is 7.05 Å². The van der Waals surface area contributed by atoms with Crippen LogP contribution in [-0.2, 0) is 10.8 Å². The SMILES string of the molecule is CN=C(NCCS(=O)C(C)(C)C)NC1CC(C)CC(C)C1. The molecular formula is C16H33N3OS. The first-order valence-electron chi connectivity index (χ1n) is 8.08. The topological polar surface area (TPSA) is 53.5 Å². The van der Waals surface area contributed by atoms with Gasteiger partial charge in [-0.05, 0) is 51.9 Å². The zero-order valence-corrected chi connectivity index (χ0v) is 15.3. The average molecular weight is 316 g/mol. The molecule has 1 aliphatic carbocycles. The molecular weight excluding hydrogens is 282 g/mol. The summed E-state index contributed by atoms with van der Waals surface area (Å²) in [5, 5.41) is 6.81. The summed E-state index contributed by atoms with van der Waals surface area (Å²) in [6.07, 6.45) is 3.74. The van der Waals surface area contributed by atoms with Crippen molar-refractivity contribution in [3.8, 4) is 0 Å². The van der Waals surface area contributed by atoms with Gasteiger partial charge in [-0.25, -0.2) is 0 Å². The van der Waals surface area contributed by atoms with E-state index >= 15 is 0 Å². The summed E-state index contributed by atoms with van der Waals surface area (Å²) < 4.78 is 11.9. The van der Waals surface area contributed by atoms with Crippen molar-refractivity contribution in [2.45, 2.75) is 64.7 Å². The normalized spacial score (nSPS) is 29.0. The van der Waals surface area contributed by atoms with E-state index in [2.05, 4.69) is 29.5 Å². The first-order valence-corrected chi connectivity index (χ1v) is 9.40. The molecule has 4 nitrogen and oxygen atoms in total. The van der Waals surface area contributed by atoms with Crippen molar-refractivity contribution in [3.63, 3.8) is 0 Å². The first-order chi connectivity index (χ1) is 9.72. The smallest absolute Gasteiger partial charge is 0.191 e. The Bertz CT molecular complexity index is 366. The predicted molar refractivity (Wildman–Crippen MR) is 93.2 cm³/mol. The molecule has 0 amide bonds. The Morgan fingerprint density at radius 1 is 1.19 bits per heavy atom. The lowest BCUT2D eigenvalue weighted by atomic mass is 9.80. The van der Waals surface area contributed by atoms with E-state index in [0.29, 0.717) is 18.3 Å². The monoisotopic (exact) mass is 315 g/mol. The van der Waals surface area contributed by atoms with E-state index in [9.17, 15) is 4.21 Å². The van der Waals surface area contributed by atoms with E-state index in [1.165, 1.54) is 19.3 Å². The van der Waals surface area contributed by atoms with Gasteiger partial charge in [0.15, 0.2) is 5.96 Å². The van der Waals surface area contributed by atoms with E-state index in [4.69, 9.17) is 0 Å². The number of hydrogen-bond donors (Lipinski definition) is 2. The van der Waals surface area contributed by atoms with Gasteiger partial charge in [0, 0.05) is 40.9 Å². The molecule has 3 atom stereocenters. The lowest BCUT2D eigenvalue weighted by Crippen LogP contribution is -2.47. The fourth-order valence-corrected chi connectivity index (χ4v) is 3.92. The fourth-order valence-electron chi connectivity index (χ4n) is 3.02. The number of nitrogens with zero attached hydrogens (tertiary/aromatic N) is 1. The Labute approximate surface area is 133 Å². The Balaban J connectivity index is 2.37. The number of nitrogens with one attached hydrogen (secondary N) is 2. The number of rotatable bonds is 4. The maximum absolute atomic E-state index is 12.0. The maximum atomic E-state index is 12.0. The van der Waals surface area contributed by atoms with Crippen LogP contribution in [0.1, 0.15) is 53.9 Å². The molecule has 0 aromatic heterocycles. The molecule has 5 heteroatoms. The first kappa shape index (κ1) is 18.5. The Morgan fingerprint density at radius 2 is 1.76 bits per heavy atom. The second kappa shape index (κ2) is 8.16. The van der Waals surface area contributed by atoms with Crippen LogP contribution in [0.25, 0.3) is 0 Å². The van der Waals surface area contributed by atoms with Crippen molar-refractivity contribution < 1.29 is 4.21 Å². The second-order valence-electron chi connectivity index (χ2n) is 7.42. The number of hydrogen-bond acceptors (Lipinski definition) is 2. The van der Waals surface area contributed by atoms with E-state index in [1.807, 2.05) is 20.8 Å². The molecule has 124 valence electrons. The highest BCUT2D eigenvalue weighted by molar-refractivity contribution is 7.86. The average Bonchev–Trinajstić information content (AvgIpc) is 2.34. The molecule has 0 spiro atoms. The Morgan fingerprint density at radius 3 is 2.24 bits per heavy atom. The van der Waals surface area contributed by atoms with Gasteiger partial charge in [-0.1, -0.05) is 13.8 Å². The summed E-state index contributed by atoms with van der Waals surface area (Å²) in [5.74, 6) is 3.05. The van der Waals surface area contributed by atoms with Gasteiger partial charge in [0.2, 0.25) is 0 Å². The van der Waals surface area contributed by atoms with Crippen LogP contribution >= 0.6 is 0 Å². The Kier molecular flexibility index (Phi) is 7.17. The standard InChI is InChI=1S/C16H33N3OS/c1-12-9-13(2)11-14(10-12)19-15(17-6)18-7-8-21(20)16(3,4)5/h12-14H,7-11H2,1-6H3,(H2,17,18,19). The lowest BCUT2D eigenvalue weighted by Gasteiger charge is -2.33. The third-order valence-corrected chi connectivity index (χ3v) is 5.95. The molecule has 0 radical (unpaired) electrons. The summed E-state index contributed by atoms with van der Waals surface area (Å²) in [6, 6.07) is 0.503. The molecule has 0 aromatic carbocycles. The zero-order chi connectivity index (χ0) is 16.0. The van der Waals surface area contributed by atoms with Gasteiger partial charge in [0.1, 0.15) is 0 Å². The van der Waals surface area contributed by atoms with Crippen LogP contribution in [-0.4, -0.2) is 40.3 Å². The van der Waals surface area contributed by atoms with Crippen LogP contribution in [0.15, 0.2) is 4.99 Å². The van der Waals surface area contributed by atoms with E-state index < -0.39 is 10.8 Å². The predicted octanol–water partition coefficient (Wildman–Crippen LogP) is 2.52. The Hall–Kier alpha value is -0.580. The minimum atomic E-state index is -0.819. The van der Waals surface area contributed by atoms with Crippen LogP contribution in [0.5, 0.6) is 0 Å². The van der Waals surface area contributed by atoms with Crippen LogP contribution < -0.4 is 10.6 Å². The van der Waals surface area contributed by atoms with Gasteiger partial charge in [-0.2, -0.15) is 0 Å². The van der Waals surface area contributed by atoms with Crippen molar-refractivity contribution in [1.29, 1.82) is 0 Å². The third-order valence-electron chi connectivity index (χ3n) is 4.01. The van der Waals surface area contributed by atoms with Gasteiger partial charge >= 0.3 is 0 Å². The van der Waals surface area contributed by atoms with Crippen LogP contribution in [0, 0.1) is 11.8 Å². The molecule has 0 saturated heterocycles. The highest BCUT2D eigenvalue weighted by Gasteiger charge is 2.24. The van der Waals surface area contributed by atoms with Gasteiger partial charge in [-0.15, -0.1) is 0 Å². The van der Waals surface area contributed by atoms with Crippen molar-refractivity contribution in [1.82, 2.24) is 10.6 Å². The van der Waals surface area contributed by atoms with Crippen LogP contribution in [0.2, 0.25) is 0 Å². The van der Waals surface area contributed by atoms with Crippen LogP contribution in [0.3, 0.4) is 0 Å². The molecule has 21 heavy (non-hydrogen) atoms. The minimum Gasteiger partial charge on any atom is -0.355 e. The molecule has 1 rings (SSSR count). The zero-order valence-electron chi connectivity index (χ0n) is 14.5.